The van der Waals surface area contributed by atoms with E-state index in [0.29, 0.717) is 11.1 Å². The van der Waals surface area contributed by atoms with E-state index >= 15 is 0 Å². The van der Waals surface area contributed by atoms with Crippen LogP contribution in [0.2, 0.25) is 0 Å². The van der Waals surface area contributed by atoms with Crippen molar-refractivity contribution >= 4 is 0 Å². The normalized spacial score (nSPS) is 13.0. The molecular formula is C10H14FNO. The van der Waals surface area contributed by atoms with Gasteiger partial charge in [0.15, 0.2) is 0 Å². The second-order valence-electron chi connectivity index (χ2n) is 3.26. The number of aliphatic hydroxyl groups excluding tert-OH is 1. The first-order valence-electron chi connectivity index (χ1n) is 4.19. The fourth-order valence-corrected chi connectivity index (χ4v) is 1.30. The summed E-state index contributed by atoms with van der Waals surface area (Å²) in [5, 5.41) is 8.82. The molecule has 0 aliphatic rings. The molecule has 0 amide bonds. The van der Waals surface area contributed by atoms with Crippen molar-refractivity contribution in [3.8, 4) is 0 Å². The molecule has 0 aromatic heterocycles. The van der Waals surface area contributed by atoms with Crippen molar-refractivity contribution in [2.45, 2.75) is 19.9 Å². The fraction of sp³-hybridized carbons (Fsp3) is 0.400. The average molecular weight is 183 g/mol. The second kappa shape index (κ2) is 3.85. The first-order chi connectivity index (χ1) is 6.06. The Morgan fingerprint density at radius 1 is 1.38 bits per heavy atom. The summed E-state index contributed by atoms with van der Waals surface area (Å²) in [6.07, 6.45) is 0. The lowest BCUT2D eigenvalue weighted by atomic mass is 10.0. The van der Waals surface area contributed by atoms with Crippen LogP contribution in [0.25, 0.3) is 0 Å². The Labute approximate surface area is 77.2 Å². The van der Waals surface area contributed by atoms with Crippen LogP contribution in [0.1, 0.15) is 22.7 Å². The highest BCUT2D eigenvalue weighted by Gasteiger charge is 2.08. The Balaban J connectivity index is 3.13. The van der Waals surface area contributed by atoms with E-state index in [1.54, 1.807) is 26.0 Å². The number of aliphatic hydroxyl groups is 1. The molecule has 0 radical (unpaired) electrons. The van der Waals surface area contributed by atoms with E-state index in [4.69, 9.17) is 10.8 Å². The van der Waals surface area contributed by atoms with Crippen LogP contribution in [-0.2, 0) is 0 Å². The smallest absolute Gasteiger partial charge is 0.129 e. The van der Waals surface area contributed by atoms with Gasteiger partial charge in [0.2, 0.25) is 0 Å². The van der Waals surface area contributed by atoms with Gasteiger partial charge in [-0.2, -0.15) is 0 Å². The van der Waals surface area contributed by atoms with Crippen LogP contribution in [0.4, 0.5) is 4.39 Å². The Kier molecular flexibility index (Phi) is 3.01. The zero-order chi connectivity index (χ0) is 10.0. The van der Waals surface area contributed by atoms with Crippen LogP contribution in [0.5, 0.6) is 0 Å². The molecule has 0 heterocycles. The van der Waals surface area contributed by atoms with Crippen molar-refractivity contribution < 1.29 is 9.50 Å². The molecule has 1 atom stereocenters. The van der Waals surface area contributed by atoms with Gasteiger partial charge in [-0.1, -0.05) is 12.1 Å². The molecule has 72 valence electrons. The third-order valence-electron chi connectivity index (χ3n) is 2.08. The lowest BCUT2D eigenvalue weighted by Gasteiger charge is -2.11. The second-order valence-corrected chi connectivity index (χ2v) is 3.26. The molecule has 0 bridgehead atoms. The first-order valence-corrected chi connectivity index (χ1v) is 4.19. The Morgan fingerprint density at radius 2 is 1.85 bits per heavy atom. The highest BCUT2D eigenvalue weighted by atomic mass is 19.1. The molecule has 0 saturated carbocycles. The summed E-state index contributed by atoms with van der Waals surface area (Å²) in [5.74, 6) is -0.200. The number of nitrogens with two attached hydrogens (primary N) is 1. The van der Waals surface area contributed by atoms with Crippen molar-refractivity contribution in [3.63, 3.8) is 0 Å². The molecule has 0 aliphatic carbocycles. The molecular weight excluding hydrogens is 169 g/mol. The van der Waals surface area contributed by atoms with Crippen LogP contribution in [0.15, 0.2) is 12.1 Å². The van der Waals surface area contributed by atoms with Gasteiger partial charge in [-0.25, -0.2) is 4.39 Å². The molecule has 2 nitrogen and oxygen atoms in total. The Morgan fingerprint density at radius 3 is 2.23 bits per heavy atom. The van der Waals surface area contributed by atoms with E-state index in [9.17, 15) is 4.39 Å². The van der Waals surface area contributed by atoms with Crippen molar-refractivity contribution in [1.82, 2.24) is 0 Å². The molecule has 0 aliphatic heterocycles. The summed E-state index contributed by atoms with van der Waals surface area (Å²) in [7, 11) is 0. The van der Waals surface area contributed by atoms with E-state index < -0.39 is 6.04 Å². The van der Waals surface area contributed by atoms with Crippen LogP contribution < -0.4 is 5.73 Å². The summed E-state index contributed by atoms with van der Waals surface area (Å²) >= 11 is 0. The van der Waals surface area contributed by atoms with Gasteiger partial charge in [0.05, 0.1) is 12.6 Å². The minimum atomic E-state index is -0.419. The Bertz CT molecular complexity index is 289. The zero-order valence-electron chi connectivity index (χ0n) is 7.84. The van der Waals surface area contributed by atoms with Crippen molar-refractivity contribution in [1.29, 1.82) is 0 Å². The molecule has 1 aromatic rings. The summed E-state index contributed by atoms with van der Waals surface area (Å²) in [5.41, 5.74) is 7.52. The summed E-state index contributed by atoms with van der Waals surface area (Å²) in [4.78, 5) is 0. The van der Waals surface area contributed by atoms with E-state index in [2.05, 4.69) is 0 Å². The summed E-state index contributed by atoms with van der Waals surface area (Å²) in [6.45, 7) is 3.26. The number of hydrogen-bond donors (Lipinski definition) is 2. The van der Waals surface area contributed by atoms with Crippen LogP contribution in [-0.4, -0.2) is 11.7 Å². The monoisotopic (exact) mass is 183 g/mol. The molecule has 0 fully saturated rings. The highest BCUT2D eigenvalue weighted by molar-refractivity contribution is 5.32. The molecule has 0 saturated heterocycles. The third kappa shape index (κ3) is 2.05. The maximum atomic E-state index is 13.2. The highest BCUT2D eigenvalue weighted by Crippen LogP contribution is 2.18. The maximum Gasteiger partial charge on any atom is 0.129 e. The molecule has 13 heavy (non-hydrogen) atoms. The number of aryl methyl sites for hydroxylation is 2. The van der Waals surface area contributed by atoms with Gasteiger partial charge in [-0.05, 0) is 30.5 Å². The van der Waals surface area contributed by atoms with Gasteiger partial charge in [0, 0.05) is 0 Å². The Hall–Kier alpha value is -0.930. The zero-order valence-corrected chi connectivity index (χ0v) is 7.84. The van der Waals surface area contributed by atoms with Crippen molar-refractivity contribution in [3.05, 3.63) is 34.6 Å². The predicted octanol–water partition coefficient (Wildman–Crippen LogP) is 1.43. The number of hydrogen-bond acceptors (Lipinski definition) is 2. The predicted molar refractivity (Wildman–Crippen MR) is 49.9 cm³/mol. The standard InChI is InChI=1S/C10H14FNO/c1-6-3-8(9(12)5-13)4-7(2)10(6)11/h3-4,9,13H,5,12H2,1-2H3. The van der Waals surface area contributed by atoms with Gasteiger partial charge in [0.1, 0.15) is 5.82 Å². The number of rotatable bonds is 2. The minimum Gasteiger partial charge on any atom is -0.394 e. The molecule has 0 spiro atoms. The quantitative estimate of drug-likeness (QED) is 0.728. The minimum absolute atomic E-state index is 0.121. The number of halogens is 1. The van der Waals surface area contributed by atoms with Gasteiger partial charge < -0.3 is 10.8 Å². The number of benzene rings is 1. The van der Waals surface area contributed by atoms with Crippen LogP contribution in [0, 0.1) is 19.7 Å². The fourth-order valence-electron chi connectivity index (χ4n) is 1.30. The molecule has 3 heteroatoms. The van der Waals surface area contributed by atoms with Crippen molar-refractivity contribution in [2.24, 2.45) is 5.73 Å². The lowest BCUT2D eigenvalue weighted by Crippen LogP contribution is -2.15. The van der Waals surface area contributed by atoms with E-state index in [1.165, 1.54) is 0 Å². The SMILES string of the molecule is Cc1cc(C(N)CO)cc(C)c1F. The molecule has 1 aromatic carbocycles. The molecule has 3 N–H and O–H groups in total. The molecule has 1 rings (SSSR count). The molecule has 1 unspecified atom stereocenters. The van der Waals surface area contributed by atoms with Gasteiger partial charge in [0.25, 0.3) is 0 Å². The summed E-state index contributed by atoms with van der Waals surface area (Å²) < 4.78 is 13.2. The summed E-state index contributed by atoms with van der Waals surface area (Å²) in [6, 6.07) is 2.92. The van der Waals surface area contributed by atoms with E-state index in [1.807, 2.05) is 0 Å². The van der Waals surface area contributed by atoms with Crippen LogP contribution >= 0.6 is 0 Å². The van der Waals surface area contributed by atoms with Gasteiger partial charge in [-0.15, -0.1) is 0 Å². The average Bonchev–Trinajstić information content (AvgIpc) is 2.12. The maximum absolute atomic E-state index is 13.2. The van der Waals surface area contributed by atoms with Gasteiger partial charge in [-0.3, -0.25) is 0 Å². The van der Waals surface area contributed by atoms with E-state index in [-0.39, 0.29) is 12.4 Å². The topological polar surface area (TPSA) is 46.2 Å². The largest absolute Gasteiger partial charge is 0.394 e. The van der Waals surface area contributed by atoms with E-state index in [0.717, 1.165) is 5.56 Å². The lowest BCUT2D eigenvalue weighted by molar-refractivity contribution is 0.268. The van der Waals surface area contributed by atoms with Crippen molar-refractivity contribution in [2.75, 3.05) is 6.61 Å². The first kappa shape index (κ1) is 10.2. The van der Waals surface area contributed by atoms with Crippen LogP contribution in [0.3, 0.4) is 0 Å². The third-order valence-corrected chi connectivity index (χ3v) is 2.08. The van der Waals surface area contributed by atoms with Gasteiger partial charge >= 0.3 is 0 Å².